The highest BCUT2D eigenvalue weighted by molar-refractivity contribution is 5.58. The van der Waals surface area contributed by atoms with Crippen LogP contribution in [0.1, 0.15) is 32.6 Å². The molecule has 4 nitrogen and oxygen atoms in total. The zero-order valence-electron chi connectivity index (χ0n) is 9.82. The van der Waals surface area contributed by atoms with E-state index >= 15 is 0 Å². The Kier molecular flexibility index (Phi) is 3.59. The molecule has 0 amide bonds. The van der Waals surface area contributed by atoms with E-state index in [0.717, 1.165) is 24.2 Å². The average Bonchev–Trinajstić information content (AvgIpc) is 2.28. The van der Waals surface area contributed by atoms with Gasteiger partial charge in [0, 0.05) is 6.54 Å². The Morgan fingerprint density at radius 2 is 2.38 bits per heavy atom. The van der Waals surface area contributed by atoms with E-state index in [1.807, 2.05) is 0 Å². The Labute approximate surface area is 96.7 Å². The lowest BCUT2D eigenvalue weighted by Gasteiger charge is -2.27. The Bertz CT molecular complexity index is 340. The summed E-state index contributed by atoms with van der Waals surface area (Å²) in [6.07, 6.45) is 8.54. The van der Waals surface area contributed by atoms with E-state index in [9.17, 15) is 0 Å². The Morgan fingerprint density at radius 3 is 3.12 bits per heavy atom. The van der Waals surface area contributed by atoms with Gasteiger partial charge in [0.15, 0.2) is 5.82 Å². The molecule has 16 heavy (non-hydrogen) atoms. The summed E-state index contributed by atoms with van der Waals surface area (Å²) >= 11 is 0. The molecule has 1 saturated carbocycles. The monoisotopic (exact) mass is 220 g/mol. The lowest BCUT2D eigenvalue weighted by Crippen LogP contribution is -2.21. The van der Waals surface area contributed by atoms with Crippen molar-refractivity contribution in [1.29, 1.82) is 0 Å². The van der Waals surface area contributed by atoms with Crippen LogP contribution in [0.3, 0.4) is 0 Å². The van der Waals surface area contributed by atoms with E-state index in [4.69, 9.17) is 5.73 Å². The van der Waals surface area contributed by atoms with Crippen LogP contribution < -0.4 is 11.1 Å². The molecule has 1 aliphatic rings. The fourth-order valence-electron chi connectivity index (χ4n) is 2.47. The van der Waals surface area contributed by atoms with Crippen LogP contribution in [0, 0.1) is 11.8 Å². The molecule has 0 aromatic carbocycles. The number of anilines is 2. The van der Waals surface area contributed by atoms with Gasteiger partial charge in [0.25, 0.3) is 0 Å². The number of aromatic nitrogens is 2. The van der Waals surface area contributed by atoms with Gasteiger partial charge in [0.05, 0.1) is 11.9 Å². The maximum Gasteiger partial charge on any atom is 0.152 e. The van der Waals surface area contributed by atoms with Crippen molar-refractivity contribution in [1.82, 2.24) is 9.97 Å². The van der Waals surface area contributed by atoms with Gasteiger partial charge in [-0.3, -0.25) is 0 Å². The molecule has 1 heterocycles. The number of rotatable bonds is 3. The lowest BCUT2D eigenvalue weighted by molar-refractivity contribution is 0.293. The normalized spacial score (nSPS) is 25.3. The second-order valence-electron chi connectivity index (χ2n) is 4.85. The summed E-state index contributed by atoms with van der Waals surface area (Å²) in [6.45, 7) is 3.32. The molecule has 1 fully saturated rings. The molecule has 2 unspecified atom stereocenters. The number of hydrogen-bond acceptors (Lipinski definition) is 4. The minimum atomic E-state index is 0.631. The van der Waals surface area contributed by atoms with E-state index in [2.05, 4.69) is 22.2 Å². The predicted octanol–water partition coefficient (Wildman–Crippen LogP) is 2.30. The third kappa shape index (κ3) is 2.84. The van der Waals surface area contributed by atoms with Crippen LogP contribution in [-0.2, 0) is 0 Å². The van der Waals surface area contributed by atoms with Gasteiger partial charge < -0.3 is 11.1 Å². The first-order valence-electron chi connectivity index (χ1n) is 6.05. The van der Waals surface area contributed by atoms with Gasteiger partial charge in [0.2, 0.25) is 0 Å². The molecule has 1 aliphatic carbocycles. The van der Waals surface area contributed by atoms with E-state index in [1.165, 1.54) is 32.0 Å². The number of nitrogen functional groups attached to an aromatic ring is 1. The van der Waals surface area contributed by atoms with Gasteiger partial charge in [-0.15, -0.1) is 0 Å². The summed E-state index contributed by atoms with van der Waals surface area (Å²) < 4.78 is 0. The molecule has 0 radical (unpaired) electrons. The minimum Gasteiger partial charge on any atom is -0.394 e. The quantitative estimate of drug-likeness (QED) is 0.820. The third-order valence-electron chi connectivity index (χ3n) is 3.34. The highest BCUT2D eigenvalue weighted by atomic mass is 15.0. The molecule has 0 saturated heterocycles. The molecule has 1 aromatic heterocycles. The molecular weight excluding hydrogens is 200 g/mol. The van der Waals surface area contributed by atoms with Gasteiger partial charge in [0.1, 0.15) is 6.33 Å². The number of hydrogen-bond donors (Lipinski definition) is 2. The Hall–Kier alpha value is -1.32. The second-order valence-corrected chi connectivity index (χ2v) is 4.85. The van der Waals surface area contributed by atoms with Crippen LogP contribution in [-0.4, -0.2) is 16.5 Å². The highest BCUT2D eigenvalue weighted by Gasteiger charge is 2.18. The van der Waals surface area contributed by atoms with Crippen molar-refractivity contribution >= 4 is 11.5 Å². The highest BCUT2D eigenvalue weighted by Crippen LogP contribution is 2.28. The van der Waals surface area contributed by atoms with Crippen molar-refractivity contribution < 1.29 is 0 Å². The van der Waals surface area contributed by atoms with Crippen molar-refractivity contribution in [2.45, 2.75) is 32.6 Å². The first-order valence-corrected chi connectivity index (χ1v) is 6.05. The van der Waals surface area contributed by atoms with Crippen LogP contribution in [0.25, 0.3) is 0 Å². The van der Waals surface area contributed by atoms with Crippen LogP contribution in [0.15, 0.2) is 12.5 Å². The molecule has 0 spiro atoms. The zero-order chi connectivity index (χ0) is 11.4. The first-order chi connectivity index (χ1) is 7.75. The van der Waals surface area contributed by atoms with E-state index < -0.39 is 0 Å². The molecule has 1 aromatic rings. The van der Waals surface area contributed by atoms with Crippen LogP contribution >= 0.6 is 0 Å². The zero-order valence-corrected chi connectivity index (χ0v) is 9.82. The summed E-state index contributed by atoms with van der Waals surface area (Å²) in [5.74, 6) is 2.40. The van der Waals surface area contributed by atoms with Crippen LogP contribution in [0.2, 0.25) is 0 Å². The number of nitrogens with two attached hydrogens (primary N) is 1. The fourth-order valence-corrected chi connectivity index (χ4v) is 2.47. The molecule has 4 heteroatoms. The van der Waals surface area contributed by atoms with Crippen molar-refractivity contribution in [2.24, 2.45) is 11.8 Å². The smallest absolute Gasteiger partial charge is 0.152 e. The second kappa shape index (κ2) is 5.14. The summed E-state index contributed by atoms with van der Waals surface area (Å²) in [4.78, 5) is 8.01. The summed E-state index contributed by atoms with van der Waals surface area (Å²) in [5.41, 5.74) is 6.41. The van der Waals surface area contributed by atoms with Crippen molar-refractivity contribution in [3.8, 4) is 0 Å². The molecule has 2 atom stereocenters. The van der Waals surface area contributed by atoms with Crippen LogP contribution in [0.4, 0.5) is 11.5 Å². The standard InChI is InChI=1S/C12H20N4/c1-9-3-2-4-10(5-9)6-15-12-11(13)7-14-8-16-12/h7-10H,2-6,13H2,1H3,(H,14,15,16). The van der Waals surface area contributed by atoms with Gasteiger partial charge in [-0.25, -0.2) is 9.97 Å². The van der Waals surface area contributed by atoms with Crippen LogP contribution in [0.5, 0.6) is 0 Å². The molecule has 88 valence electrons. The largest absolute Gasteiger partial charge is 0.394 e. The Balaban J connectivity index is 1.85. The summed E-state index contributed by atoms with van der Waals surface area (Å²) in [6, 6.07) is 0. The topological polar surface area (TPSA) is 63.8 Å². The Morgan fingerprint density at radius 1 is 1.50 bits per heavy atom. The lowest BCUT2D eigenvalue weighted by atomic mass is 9.82. The third-order valence-corrected chi connectivity index (χ3v) is 3.34. The molecular formula is C12H20N4. The average molecular weight is 220 g/mol. The van der Waals surface area contributed by atoms with Crippen molar-refractivity contribution in [2.75, 3.05) is 17.6 Å². The van der Waals surface area contributed by atoms with Crippen molar-refractivity contribution in [3.63, 3.8) is 0 Å². The maximum atomic E-state index is 5.78. The van der Waals surface area contributed by atoms with Gasteiger partial charge >= 0.3 is 0 Å². The van der Waals surface area contributed by atoms with E-state index in [-0.39, 0.29) is 0 Å². The molecule has 3 N–H and O–H groups in total. The summed E-state index contributed by atoms with van der Waals surface area (Å²) in [7, 11) is 0. The van der Waals surface area contributed by atoms with Gasteiger partial charge in [-0.1, -0.05) is 19.8 Å². The van der Waals surface area contributed by atoms with E-state index in [0.29, 0.717) is 5.69 Å². The number of nitrogens with one attached hydrogen (secondary N) is 1. The SMILES string of the molecule is CC1CCCC(CNc2ncncc2N)C1. The first kappa shape index (κ1) is 11.2. The predicted molar refractivity (Wildman–Crippen MR) is 66.1 cm³/mol. The van der Waals surface area contributed by atoms with Gasteiger partial charge in [-0.05, 0) is 24.7 Å². The van der Waals surface area contributed by atoms with E-state index in [1.54, 1.807) is 6.20 Å². The maximum absolute atomic E-state index is 5.78. The molecule has 0 aliphatic heterocycles. The number of nitrogens with zero attached hydrogens (tertiary/aromatic N) is 2. The van der Waals surface area contributed by atoms with Gasteiger partial charge in [-0.2, -0.15) is 0 Å². The summed E-state index contributed by atoms with van der Waals surface area (Å²) in [5, 5.41) is 3.33. The molecule has 0 bridgehead atoms. The molecule has 2 rings (SSSR count). The van der Waals surface area contributed by atoms with Crippen molar-refractivity contribution in [3.05, 3.63) is 12.5 Å². The minimum absolute atomic E-state index is 0.631. The fraction of sp³-hybridized carbons (Fsp3) is 0.667.